The molecule has 3 nitrogen and oxygen atoms in total. The van der Waals surface area contributed by atoms with E-state index in [0.29, 0.717) is 18.0 Å². The zero-order valence-electron chi connectivity index (χ0n) is 12.2. The van der Waals surface area contributed by atoms with E-state index < -0.39 is 0 Å². The van der Waals surface area contributed by atoms with Crippen molar-refractivity contribution in [3.63, 3.8) is 0 Å². The third kappa shape index (κ3) is 3.04. The molecular weight excluding hydrogens is 272 g/mol. The minimum Gasteiger partial charge on any atom is -0.489 e. The second-order valence-electron chi connectivity index (χ2n) is 5.11. The number of hydrogen-bond acceptors (Lipinski definition) is 3. The van der Waals surface area contributed by atoms with Gasteiger partial charge in [-0.25, -0.2) is 0 Å². The Hall–Kier alpha value is -2.94. The fraction of sp³-hybridized carbons (Fsp3) is 0.0526. The van der Waals surface area contributed by atoms with Crippen molar-refractivity contribution >= 4 is 11.4 Å². The second kappa shape index (κ2) is 6.22. The molecule has 0 aromatic heterocycles. The maximum Gasteiger partial charge on any atom is 0.120 e. The first-order chi connectivity index (χ1) is 10.7. The second-order valence-corrected chi connectivity index (χ2v) is 5.11. The first-order valence-corrected chi connectivity index (χ1v) is 7.15. The van der Waals surface area contributed by atoms with Crippen LogP contribution in [0.4, 0.5) is 11.4 Å². The Kier molecular flexibility index (Phi) is 3.97. The molecule has 22 heavy (non-hydrogen) atoms. The predicted octanol–water partition coefficient (Wildman–Crippen LogP) is 4.10. The van der Waals surface area contributed by atoms with Gasteiger partial charge in [0, 0.05) is 22.5 Å². The average molecular weight is 290 g/mol. The van der Waals surface area contributed by atoms with Crippen LogP contribution in [0, 0.1) is 0 Å². The molecule has 0 fully saturated rings. The van der Waals surface area contributed by atoms with Crippen LogP contribution in [0.1, 0.15) is 5.56 Å². The van der Waals surface area contributed by atoms with Crippen LogP contribution in [0.15, 0.2) is 72.8 Å². The van der Waals surface area contributed by atoms with Crippen molar-refractivity contribution in [3.05, 3.63) is 78.4 Å². The number of ether oxygens (including phenoxy) is 1. The van der Waals surface area contributed by atoms with E-state index in [0.717, 1.165) is 22.4 Å². The SMILES string of the molecule is Nc1ccccc1-c1cc(OCc2ccccc2)ccc1N. The van der Waals surface area contributed by atoms with E-state index in [1.54, 1.807) is 0 Å². The standard InChI is InChI=1S/C19H18N2O/c20-18-9-5-4-8-16(18)17-12-15(10-11-19(17)21)22-13-14-6-2-1-3-7-14/h1-12H,13,20-21H2. The number of nitrogen functional groups attached to an aromatic ring is 2. The maximum absolute atomic E-state index is 6.09. The minimum atomic E-state index is 0.522. The number of nitrogens with two attached hydrogens (primary N) is 2. The molecule has 0 bridgehead atoms. The molecule has 0 saturated carbocycles. The summed E-state index contributed by atoms with van der Waals surface area (Å²) in [4.78, 5) is 0. The molecule has 0 unspecified atom stereocenters. The van der Waals surface area contributed by atoms with Crippen molar-refractivity contribution < 1.29 is 4.74 Å². The van der Waals surface area contributed by atoms with Crippen LogP contribution in [0.25, 0.3) is 11.1 Å². The maximum atomic E-state index is 6.09. The van der Waals surface area contributed by atoms with E-state index in [-0.39, 0.29) is 0 Å². The lowest BCUT2D eigenvalue weighted by molar-refractivity contribution is 0.306. The highest BCUT2D eigenvalue weighted by molar-refractivity contribution is 5.84. The van der Waals surface area contributed by atoms with Gasteiger partial charge in [-0.15, -0.1) is 0 Å². The van der Waals surface area contributed by atoms with Crippen LogP contribution < -0.4 is 16.2 Å². The zero-order valence-corrected chi connectivity index (χ0v) is 12.2. The molecule has 0 amide bonds. The quantitative estimate of drug-likeness (QED) is 0.711. The van der Waals surface area contributed by atoms with Gasteiger partial charge < -0.3 is 16.2 Å². The van der Waals surface area contributed by atoms with Crippen molar-refractivity contribution in [2.24, 2.45) is 0 Å². The topological polar surface area (TPSA) is 61.3 Å². The molecular formula is C19H18N2O. The van der Waals surface area contributed by atoms with Crippen LogP contribution in [0.2, 0.25) is 0 Å². The zero-order chi connectivity index (χ0) is 15.4. The Bertz CT molecular complexity index is 769. The highest BCUT2D eigenvalue weighted by atomic mass is 16.5. The normalized spacial score (nSPS) is 10.4. The lowest BCUT2D eigenvalue weighted by atomic mass is 10.0. The van der Waals surface area contributed by atoms with Crippen LogP contribution in [0.3, 0.4) is 0 Å². The lowest BCUT2D eigenvalue weighted by Crippen LogP contribution is -1.98. The Labute approximate surface area is 130 Å². The Morgan fingerprint density at radius 3 is 2.14 bits per heavy atom. The smallest absolute Gasteiger partial charge is 0.120 e. The summed E-state index contributed by atoms with van der Waals surface area (Å²) >= 11 is 0. The molecule has 0 atom stereocenters. The number of para-hydroxylation sites is 1. The third-order valence-electron chi connectivity index (χ3n) is 3.52. The summed E-state index contributed by atoms with van der Waals surface area (Å²) in [7, 11) is 0. The summed E-state index contributed by atoms with van der Waals surface area (Å²) in [5, 5.41) is 0. The van der Waals surface area contributed by atoms with Crippen molar-refractivity contribution in [2.75, 3.05) is 11.5 Å². The van der Waals surface area contributed by atoms with E-state index in [4.69, 9.17) is 16.2 Å². The predicted molar refractivity (Wildman–Crippen MR) is 91.5 cm³/mol. The molecule has 0 aliphatic heterocycles. The van der Waals surface area contributed by atoms with Gasteiger partial charge in [0.25, 0.3) is 0 Å². The molecule has 3 rings (SSSR count). The first kappa shape index (κ1) is 14.0. The Balaban J connectivity index is 1.86. The molecule has 110 valence electrons. The van der Waals surface area contributed by atoms with Crippen LogP contribution in [-0.2, 0) is 6.61 Å². The Morgan fingerprint density at radius 1 is 0.682 bits per heavy atom. The van der Waals surface area contributed by atoms with Gasteiger partial charge in [0.15, 0.2) is 0 Å². The Morgan fingerprint density at radius 2 is 1.36 bits per heavy atom. The van der Waals surface area contributed by atoms with Crippen molar-refractivity contribution in [3.8, 4) is 16.9 Å². The average Bonchev–Trinajstić information content (AvgIpc) is 2.56. The summed E-state index contributed by atoms with van der Waals surface area (Å²) in [6, 6.07) is 23.4. The van der Waals surface area contributed by atoms with E-state index in [1.165, 1.54) is 0 Å². The van der Waals surface area contributed by atoms with Gasteiger partial charge in [-0.3, -0.25) is 0 Å². The summed E-state index contributed by atoms with van der Waals surface area (Å²) in [5.74, 6) is 0.774. The van der Waals surface area contributed by atoms with E-state index in [9.17, 15) is 0 Å². The molecule has 0 spiro atoms. The van der Waals surface area contributed by atoms with Crippen molar-refractivity contribution in [1.82, 2.24) is 0 Å². The molecule has 0 aliphatic carbocycles. The number of anilines is 2. The van der Waals surface area contributed by atoms with Crippen LogP contribution in [0.5, 0.6) is 5.75 Å². The summed E-state index contributed by atoms with van der Waals surface area (Å²) in [5.41, 5.74) is 16.5. The molecule has 0 saturated heterocycles. The van der Waals surface area contributed by atoms with Gasteiger partial charge in [0.05, 0.1) is 0 Å². The van der Waals surface area contributed by atoms with Crippen molar-refractivity contribution in [1.29, 1.82) is 0 Å². The monoisotopic (exact) mass is 290 g/mol. The fourth-order valence-electron chi connectivity index (χ4n) is 2.34. The van der Waals surface area contributed by atoms with Crippen LogP contribution in [-0.4, -0.2) is 0 Å². The van der Waals surface area contributed by atoms with Crippen LogP contribution >= 0.6 is 0 Å². The van der Waals surface area contributed by atoms with Gasteiger partial charge >= 0.3 is 0 Å². The van der Waals surface area contributed by atoms with Gasteiger partial charge in [-0.2, -0.15) is 0 Å². The van der Waals surface area contributed by atoms with Gasteiger partial charge in [-0.1, -0.05) is 48.5 Å². The molecule has 3 aromatic carbocycles. The number of hydrogen-bond donors (Lipinski definition) is 2. The summed E-state index contributed by atoms with van der Waals surface area (Å²) in [6.45, 7) is 0.522. The molecule has 3 heteroatoms. The van der Waals surface area contributed by atoms with E-state index >= 15 is 0 Å². The fourth-order valence-corrected chi connectivity index (χ4v) is 2.34. The third-order valence-corrected chi connectivity index (χ3v) is 3.52. The van der Waals surface area contributed by atoms with Gasteiger partial charge in [0.2, 0.25) is 0 Å². The van der Waals surface area contributed by atoms with Gasteiger partial charge in [-0.05, 0) is 29.8 Å². The number of rotatable bonds is 4. The summed E-state index contributed by atoms with van der Waals surface area (Å²) < 4.78 is 5.85. The molecule has 0 aliphatic rings. The number of benzene rings is 3. The summed E-state index contributed by atoms with van der Waals surface area (Å²) in [6.07, 6.45) is 0. The van der Waals surface area contributed by atoms with E-state index in [2.05, 4.69) is 0 Å². The van der Waals surface area contributed by atoms with Crippen molar-refractivity contribution in [2.45, 2.75) is 6.61 Å². The minimum absolute atomic E-state index is 0.522. The lowest BCUT2D eigenvalue weighted by Gasteiger charge is -2.12. The largest absolute Gasteiger partial charge is 0.489 e. The molecule has 0 radical (unpaired) electrons. The molecule has 4 N–H and O–H groups in total. The molecule has 3 aromatic rings. The highest BCUT2D eigenvalue weighted by Crippen LogP contribution is 2.33. The highest BCUT2D eigenvalue weighted by Gasteiger charge is 2.08. The van der Waals surface area contributed by atoms with Gasteiger partial charge in [0.1, 0.15) is 12.4 Å². The van der Waals surface area contributed by atoms with E-state index in [1.807, 2.05) is 72.8 Å². The first-order valence-electron chi connectivity index (χ1n) is 7.15. The molecule has 0 heterocycles.